The molecular formula is C17H28N2O3S. The second-order valence-corrected chi connectivity index (χ2v) is 8.26. The lowest BCUT2D eigenvalue weighted by Gasteiger charge is -2.36. The Morgan fingerprint density at radius 2 is 2.00 bits per heavy atom. The molecule has 2 rings (SSSR count). The molecule has 1 aliphatic heterocycles. The van der Waals surface area contributed by atoms with Crippen molar-refractivity contribution in [3.8, 4) is 5.75 Å². The number of hydrogen-bond acceptors (Lipinski definition) is 5. The van der Waals surface area contributed by atoms with Crippen LogP contribution < -0.4 is 4.74 Å². The third kappa shape index (κ3) is 5.48. The highest BCUT2D eigenvalue weighted by molar-refractivity contribution is 7.90. The van der Waals surface area contributed by atoms with Gasteiger partial charge in [-0.15, -0.1) is 0 Å². The molecule has 0 atom stereocenters. The number of nitrogens with zero attached hydrogens (tertiary/aromatic N) is 2. The van der Waals surface area contributed by atoms with Crippen LogP contribution in [-0.2, 0) is 9.84 Å². The predicted molar refractivity (Wildman–Crippen MR) is 92.8 cm³/mol. The van der Waals surface area contributed by atoms with Crippen LogP contribution >= 0.6 is 0 Å². The Hall–Kier alpha value is -1.11. The first-order chi connectivity index (χ1) is 10.9. The lowest BCUT2D eigenvalue weighted by Crippen LogP contribution is -2.44. The van der Waals surface area contributed by atoms with Crippen LogP contribution in [0.3, 0.4) is 0 Å². The Balaban J connectivity index is 1.79. The topological polar surface area (TPSA) is 49.9 Å². The van der Waals surface area contributed by atoms with E-state index in [0.29, 0.717) is 23.3 Å². The van der Waals surface area contributed by atoms with Crippen LogP contribution in [0.25, 0.3) is 0 Å². The second-order valence-electron chi connectivity index (χ2n) is 6.24. The molecule has 0 aromatic heterocycles. The van der Waals surface area contributed by atoms with E-state index in [-0.39, 0.29) is 0 Å². The Morgan fingerprint density at radius 1 is 1.30 bits per heavy atom. The molecule has 0 aliphatic carbocycles. The molecule has 0 bridgehead atoms. The number of sulfone groups is 1. The summed E-state index contributed by atoms with van der Waals surface area (Å²) < 4.78 is 28.8. The molecule has 6 heteroatoms. The molecule has 1 aliphatic rings. The van der Waals surface area contributed by atoms with Gasteiger partial charge in [0.1, 0.15) is 12.4 Å². The molecule has 0 saturated carbocycles. The van der Waals surface area contributed by atoms with Crippen LogP contribution in [0.2, 0.25) is 0 Å². The SMILES string of the molecule is CCN1CCC(N(C)CCOc2cccc(S(C)(=O)=O)c2)CC1. The Kier molecular flexibility index (Phi) is 6.44. The zero-order valence-corrected chi connectivity index (χ0v) is 15.2. The summed E-state index contributed by atoms with van der Waals surface area (Å²) in [5.74, 6) is 0.613. The largest absolute Gasteiger partial charge is 0.492 e. The van der Waals surface area contributed by atoms with Crippen LogP contribution in [0.1, 0.15) is 19.8 Å². The van der Waals surface area contributed by atoms with Crippen molar-refractivity contribution in [2.24, 2.45) is 0 Å². The highest BCUT2D eigenvalue weighted by Gasteiger charge is 2.21. The van der Waals surface area contributed by atoms with Gasteiger partial charge in [0, 0.05) is 18.8 Å². The summed E-state index contributed by atoms with van der Waals surface area (Å²) in [6.45, 7) is 7.10. The highest BCUT2D eigenvalue weighted by atomic mass is 32.2. The fourth-order valence-electron chi connectivity index (χ4n) is 2.96. The molecule has 1 saturated heterocycles. The van der Waals surface area contributed by atoms with Crippen molar-refractivity contribution in [3.05, 3.63) is 24.3 Å². The van der Waals surface area contributed by atoms with Crippen molar-refractivity contribution in [1.29, 1.82) is 0 Å². The summed E-state index contributed by atoms with van der Waals surface area (Å²) in [6.07, 6.45) is 3.62. The van der Waals surface area contributed by atoms with Gasteiger partial charge in [0.15, 0.2) is 9.84 Å². The van der Waals surface area contributed by atoms with E-state index < -0.39 is 9.84 Å². The summed E-state index contributed by atoms with van der Waals surface area (Å²) in [6, 6.07) is 7.32. The standard InChI is InChI=1S/C17H28N2O3S/c1-4-19-10-8-15(9-11-19)18(2)12-13-22-16-6-5-7-17(14-16)23(3,20)21/h5-7,14-15H,4,8-13H2,1-3H3. The third-order valence-electron chi connectivity index (χ3n) is 4.57. The first kappa shape index (κ1) is 18.2. The van der Waals surface area contributed by atoms with Crippen LogP contribution in [0, 0.1) is 0 Å². The van der Waals surface area contributed by atoms with Crippen LogP contribution in [-0.4, -0.2) is 70.3 Å². The molecule has 1 heterocycles. The van der Waals surface area contributed by atoms with Gasteiger partial charge in [-0.3, -0.25) is 4.90 Å². The summed E-state index contributed by atoms with van der Waals surface area (Å²) in [5.41, 5.74) is 0. The summed E-state index contributed by atoms with van der Waals surface area (Å²) in [5, 5.41) is 0. The minimum atomic E-state index is -3.19. The number of piperidine rings is 1. The van der Waals surface area contributed by atoms with E-state index in [1.807, 2.05) is 0 Å². The average Bonchev–Trinajstić information content (AvgIpc) is 2.54. The number of likely N-dealkylation sites (tertiary alicyclic amines) is 1. The van der Waals surface area contributed by atoms with Crippen molar-refractivity contribution >= 4 is 9.84 Å². The molecule has 130 valence electrons. The molecule has 1 fully saturated rings. The monoisotopic (exact) mass is 340 g/mol. The molecule has 23 heavy (non-hydrogen) atoms. The predicted octanol–water partition coefficient (Wildman–Crippen LogP) is 1.88. The molecule has 1 aromatic rings. The summed E-state index contributed by atoms with van der Waals surface area (Å²) >= 11 is 0. The third-order valence-corrected chi connectivity index (χ3v) is 5.68. The fourth-order valence-corrected chi connectivity index (χ4v) is 3.62. The molecule has 0 amide bonds. The lowest BCUT2D eigenvalue weighted by atomic mass is 10.0. The van der Waals surface area contributed by atoms with Gasteiger partial charge >= 0.3 is 0 Å². The summed E-state index contributed by atoms with van der Waals surface area (Å²) in [7, 11) is -1.05. The molecule has 0 unspecified atom stereocenters. The minimum absolute atomic E-state index is 0.301. The van der Waals surface area contributed by atoms with Crippen LogP contribution in [0.4, 0.5) is 0 Å². The smallest absolute Gasteiger partial charge is 0.175 e. The number of hydrogen-bond donors (Lipinski definition) is 0. The second kappa shape index (κ2) is 8.13. The quantitative estimate of drug-likeness (QED) is 0.759. The van der Waals surface area contributed by atoms with E-state index in [9.17, 15) is 8.42 Å². The van der Waals surface area contributed by atoms with Crippen molar-refractivity contribution < 1.29 is 13.2 Å². The Labute approximate surface area is 140 Å². The van der Waals surface area contributed by atoms with Gasteiger partial charge < -0.3 is 9.64 Å². The van der Waals surface area contributed by atoms with E-state index in [4.69, 9.17) is 4.74 Å². The zero-order chi connectivity index (χ0) is 16.9. The molecule has 5 nitrogen and oxygen atoms in total. The van der Waals surface area contributed by atoms with Crippen molar-refractivity contribution in [2.75, 3.05) is 46.1 Å². The van der Waals surface area contributed by atoms with Gasteiger partial charge in [-0.2, -0.15) is 0 Å². The first-order valence-electron chi connectivity index (χ1n) is 8.25. The lowest BCUT2D eigenvalue weighted by molar-refractivity contribution is 0.118. The molecular weight excluding hydrogens is 312 g/mol. The molecule has 1 aromatic carbocycles. The van der Waals surface area contributed by atoms with Crippen molar-refractivity contribution in [1.82, 2.24) is 9.80 Å². The van der Waals surface area contributed by atoms with E-state index in [0.717, 1.165) is 13.1 Å². The average molecular weight is 340 g/mol. The maximum absolute atomic E-state index is 11.6. The van der Waals surface area contributed by atoms with Gasteiger partial charge in [-0.25, -0.2) is 8.42 Å². The van der Waals surface area contributed by atoms with Gasteiger partial charge in [0.2, 0.25) is 0 Å². The van der Waals surface area contributed by atoms with Crippen LogP contribution in [0.5, 0.6) is 5.75 Å². The minimum Gasteiger partial charge on any atom is -0.492 e. The van der Waals surface area contributed by atoms with Gasteiger partial charge in [-0.05, 0) is 57.7 Å². The summed E-state index contributed by atoms with van der Waals surface area (Å²) in [4.78, 5) is 5.14. The normalized spacial score (nSPS) is 17.6. The van der Waals surface area contributed by atoms with Crippen LogP contribution in [0.15, 0.2) is 29.2 Å². The van der Waals surface area contributed by atoms with Crippen molar-refractivity contribution in [2.45, 2.75) is 30.7 Å². The number of likely N-dealkylation sites (N-methyl/N-ethyl adjacent to an activating group) is 1. The van der Waals surface area contributed by atoms with Gasteiger partial charge in [-0.1, -0.05) is 13.0 Å². The van der Waals surface area contributed by atoms with E-state index in [2.05, 4.69) is 23.8 Å². The van der Waals surface area contributed by atoms with E-state index in [1.54, 1.807) is 24.3 Å². The highest BCUT2D eigenvalue weighted by Crippen LogP contribution is 2.18. The maximum Gasteiger partial charge on any atom is 0.175 e. The zero-order valence-electron chi connectivity index (χ0n) is 14.4. The van der Waals surface area contributed by atoms with E-state index >= 15 is 0 Å². The van der Waals surface area contributed by atoms with E-state index in [1.165, 1.54) is 32.2 Å². The fraction of sp³-hybridized carbons (Fsp3) is 0.647. The maximum atomic E-state index is 11.6. The van der Waals surface area contributed by atoms with Gasteiger partial charge in [0.25, 0.3) is 0 Å². The Morgan fingerprint density at radius 3 is 2.61 bits per heavy atom. The van der Waals surface area contributed by atoms with Crippen molar-refractivity contribution in [3.63, 3.8) is 0 Å². The molecule has 0 radical (unpaired) electrons. The number of rotatable bonds is 7. The number of ether oxygens (including phenoxy) is 1. The first-order valence-corrected chi connectivity index (χ1v) is 10.1. The molecule has 0 N–H and O–H groups in total. The number of benzene rings is 1. The van der Waals surface area contributed by atoms with Gasteiger partial charge in [0.05, 0.1) is 4.90 Å². The molecule has 0 spiro atoms. The Bertz CT molecular complexity index is 596.